The van der Waals surface area contributed by atoms with Crippen molar-refractivity contribution < 1.29 is 14.4 Å². The topological polar surface area (TPSA) is 55.7 Å². The first-order valence-electron chi connectivity index (χ1n) is 10.9. The van der Waals surface area contributed by atoms with Crippen LogP contribution in [0.25, 0.3) is 0 Å². The molecule has 0 unspecified atom stereocenters. The lowest BCUT2D eigenvalue weighted by Crippen LogP contribution is -2.16. The summed E-state index contributed by atoms with van der Waals surface area (Å²) in [5.41, 5.74) is 1.21. The number of hydrogen-bond acceptors (Lipinski definition) is 5. The van der Waals surface area contributed by atoms with Crippen LogP contribution in [0.15, 0.2) is 99.9 Å². The van der Waals surface area contributed by atoms with Crippen molar-refractivity contribution in [3.8, 4) is 0 Å². The smallest absolute Gasteiger partial charge is 0.312 e. The van der Waals surface area contributed by atoms with Crippen LogP contribution in [0.1, 0.15) is 59.7 Å². The highest BCUT2D eigenvalue weighted by atomic mass is 32.2. The molecule has 164 valence electrons. The lowest BCUT2D eigenvalue weighted by Gasteiger charge is -2.07. The molecule has 0 fully saturated rings. The second kappa shape index (κ2) is 12.6. The van der Waals surface area contributed by atoms with Crippen molar-refractivity contribution in [2.24, 2.45) is 5.16 Å². The van der Waals surface area contributed by atoms with Gasteiger partial charge in [0.1, 0.15) is 5.71 Å². The molecule has 32 heavy (non-hydrogen) atoms. The van der Waals surface area contributed by atoms with Crippen molar-refractivity contribution in [3.63, 3.8) is 0 Å². The van der Waals surface area contributed by atoms with Crippen LogP contribution in [0.2, 0.25) is 0 Å². The normalized spacial score (nSPS) is 11.2. The Morgan fingerprint density at radius 1 is 0.750 bits per heavy atom. The van der Waals surface area contributed by atoms with Gasteiger partial charge < -0.3 is 4.84 Å². The summed E-state index contributed by atoms with van der Waals surface area (Å²) in [6.07, 6.45) is 4.49. The first-order valence-corrected chi connectivity index (χ1v) is 11.7. The number of Topliss-reactive ketones (excluding diaryl/α,β-unsaturated/α-hetero) is 1. The first-order chi connectivity index (χ1) is 15.7. The van der Waals surface area contributed by atoms with E-state index in [9.17, 15) is 9.59 Å². The molecule has 4 nitrogen and oxygen atoms in total. The van der Waals surface area contributed by atoms with E-state index in [0.717, 1.165) is 35.5 Å². The van der Waals surface area contributed by atoms with Gasteiger partial charge in [-0.25, -0.2) is 4.79 Å². The predicted molar refractivity (Wildman–Crippen MR) is 129 cm³/mol. The van der Waals surface area contributed by atoms with Crippen molar-refractivity contribution in [1.82, 2.24) is 0 Å². The number of ketones is 1. The molecule has 5 heteroatoms. The number of nitrogens with zero attached hydrogens (tertiary/aromatic N) is 1. The van der Waals surface area contributed by atoms with Gasteiger partial charge in [-0.3, -0.25) is 4.79 Å². The molecule has 0 amide bonds. The fraction of sp³-hybridized carbons (Fsp3) is 0.222. The fourth-order valence-corrected chi connectivity index (χ4v) is 3.95. The maximum Gasteiger partial charge on any atom is 0.365 e. The van der Waals surface area contributed by atoms with E-state index in [1.165, 1.54) is 0 Å². The lowest BCUT2D eigenvalue weighted by molar-refractivity contribution is 0.0514. The Hall–Kier alpha value is -3.18. The maximum atomic E-state index is 13.1. The third kappa shape index (κ3) is 7.20. The van der Waals surface area contributed by atoms with Gasteiger partial charge in [0.2, 0.25) is 5.78 Å². The third-order valence-electron chi connectivity index (χ3n) is 4.87. The summed E-state index contributed by atoms with van der Waals surface area (Å²) >= 11 is 1.64. The van der Waals surface area contributed by atoms with Crippen molar-refractivity contribution >= 4 is 29.2 Å². The Morgan fingerprint density at radius 2 is 1.38 bits per heavy atom. The number of hydrogen-bond donors (Lipinski definition) is 0. The van der Waals surface area contributed by atoms with Crippen LogP contribution in [0.3, 0.4) is 0 Å². The largest absolute Gasteiger partial charge is 0.365 e. The minimum Gasteiger partial charge on any atom is -0.312 e. The molecule has 3 aromatic rings. The van der Waals surface area contributed by atoms with Crippen molar-refractivity contribution in [1.29, 1.82) is 0 Å². The molecule has 0 N–H and O–H groups in total. The maximum absolute atomic E-state index is 13.1. The Bertz CT molecular complexity index is 1030. The summed E-state index contributed by atoms with van der Waals surface area (Å²) in [5.74, 6) is -0.780. The van der Waals surface area contributed by atoms with Gasteiger partial charge in [0.25, 0.3) is 0 Å². The van der Waals surface area contributed by atoms with Crippen molar-refractivity contribution in [2.75, 3.05) is 0 Å². The second-order valence-electron chi connectivity index (χ2n) is 7.36. The summed E-state index contributed by atoms with van der Waals surface area (Å²) in [6, 6.07) is 26.2. The van der Waals surface area contributed by atoms with Gasteiger partial charge in [-0.05, 0) is 61.4 Å². The van der Waals surface area contributed by atoms with Gasteiger partial charge in [0.15, 0.2) is 0 Å². The Balaban J connectivity index is 1.71. The highest BCUT2D eigenvalue weighted by Gasteiger charge is 2.17. The zero-order chi connectivity index (χ0) is 22.6. The van der Waals surface area contributed by atoms with Gasteiger partial charge in [-0.2, -0.15) is 0 Å². The minimum absolute atomic E-state index is 0.210. The molecule has 0 aliphatic carbocycles. The molecule has 0 heterocycles. The van der Waals surface area contributed by atoms with E-state index >= 15 is 0 Å². The zero-order valence-electron chi connectivity index (χ0n) is 18.2. The molecule has 0 atom stereocenters. The number of benzene rings is 3. The Kier molecular flexibility index (Phi) is 9.26. The summed E-state index contributed by atoms with van der Waals surface area (Å²) in [6.45, 7) is 2.14. The number of rotatable bonds is 11. The molecular weight excluding hydrogens is 418 g/mol. The van der Waals surface area contributed by atoms with E-state index in [0.29, 0.717) is 17.5 Å². The molecule has 0 aliphatic heterocycles. The minimum atomic E-state index is -0.570. The summed E-state index contributed by atoms with van der Waals surface area (Å²) in [4.78, 5) is 32.7. The van der Waals surface area contributed by atoms with Crippen LogP contribution in [0.4, 0.5) is 0 Å². The standard InChI is InChI=1S/C27H27NO3S/c1-2-3-4-11-16-25(28-31-27(30)22-12-7-5-8-13-22)26(29)21-17-19-24(20-18-21)32-23-14-9-6-10-15-23/h5-10,12-15,17-20H,2-4,11,16H2,1H3/b28-25+. The highest BCUT2D eigenvalue weighted by Crippen LogP contribution is 2.27. The molecule has 3 rings (SSSR count). The third-order valence-corrected chi connectivity index (χ3v) is 5.89. The molecule has 3 aromatic carbocycles. The SMILES string of the molecule is CCCCCC/C(=N\OC(=O)c1ccccc1)C(=O)c1ccc(Sc2ccccc2)cc1. The average molecular weight is 446 g/mol. The summed E-state index contributed by atoms with van der Waals surface area (Å²) in [7, 11) is 0. The molecule has 0 spiro atoms. The van der Waals surface area contributed by atoms with Crippen molar-refractivity contribution in [3.05, 3.63) is 96.1 Å². The lowest BCUT2D eigenvalue weighted by atomic mass is 10.0. The molecule has 0 radical (unpaired) electrons. The van der Waals surface area contributed by atoms with Crippen molar-refractivity contribution in [2.45, 2.75) is 48.8 Å². The zero-order valence-corrected chi connectivity index (χ0v) is 19.0. The Morgan fingerprint density at radius 3 is 2.03 bits per heavy atom. The second-order valence-corrected chi connectivity index (χ2v) is 8.51. The quantitative estimate of drug-likeness (QED) is 0.103. The van der Waals surface area contributed by atoms with E-state index in [1.54, 1.807) is 48.2 Å². The molecule has 0 aliphatic rings. The van der Waals surface area contributed by atoms with Crippen LogP contribution in [-0.4, -0.2) is 17.5 Å². The molecule has 0 bridgehead atoms. The number of carbonyl (C=O) groups excluding carboxylic acids is 2. The number of unbranched alkanes of at least 4 members (excludes halogenated alkanes) is 3. The van der Waals surface area contributed by atoms with E-state index < -0.39 is 5.97 Å². The monoisotopic (exact) mass is 445 g/mol. The molecular formula is C27H27NO3S. The van der Waals surface area contributed by atoms with Crippen LogP contribution in [0.5, 0.6) is 0 Å². The van der Waals surface area contributed by atoms with E-state index in [2.05, 4.69) is 12.1 Å². The van der Waals surface area contributed by atoms with E-state index in [-0.39, 0.29) is 11.5 Å². The Labute approximate surface area is 193 Å². The first kappa shape index (κ1) is 23.5. The number of oxime groups is 1. The van der Waals surface area contributed by atoms with Gasteiger partial charge >= 0.3 is 5.97 Å². The van der Waals surface area contributed by atoms with Gasteiger partial charge in [0.05, 0.1) is 5.56 Å². The molecule has 0 saturated heterocycles. The highest BCUT2D eigenvalue weighted by molar-refractivity contribution is 7.99. The fourth-order valence-electron chi connectivity index (χ4n) is 3.11. The van der Waals surface area contributed by atoms with E-state index in [1.807, 2.05) is 48.5 Å². The van der Waals surface area contributed by atoms with E-state index in [4.69, 9.17) is 4.84 Å². The van der Waals surface area contributed by atoms with Crippen LogP contribution in [0, 0.1) is 0 Å². The van der Waals surface area contributed by atoms with Crippen LogP contribution >= 0.6 is 11.8 Å². The van der Waals surface area contributed by atoms with Crippen LogP contribution < -0.4 is 0 Å². The van der Waals surface area contributed by atoms with Gasteiger partial charge in [0, 0.05) is 15.4 Å². The molecule has 0 saturated carbocycles. The summed E-state index contributed by atoms with van der Waals surface area (Å²) in [5, 5.41) is 3.98. The number of carbonyl (C=O) groups is 2. The van der Waals surface area contributed by atoms with Gasteiger partial charge in [-0.15, -0.1) is 0 Å². The molecule has 0 aromatic heterocycles. The average Bonchev–Trinajstić information content (AvgIpc) is 2.84. The van der Waals surface area contributed by atoms with Crippen LogP contribution in [-0.2, 0) is 4.84 Å². The predicted octanol–water partition coefficient (Wildman–Crippen LogP) is 7.20. The van der Waals surface area contributed by atoms with Gasteiger partial charge in [-0.1, -0.05) is 79.5 Å². The summed E-state index contributed by atoms with van der Waals surface area (Å²) < 4.78 is 0.